The highest BCUT2D eigenvalue weighted by molar-refractivity contribution is 14.1. The van der Waals surface area contributed by atoms with E-state index in [1.807, 2.05) is 6.07 Å². The van der Waals surface area contributed by atoms with Gasteiger partial charge in [0.2, 0.25) is 5.90 Å². The Labute approximate surface area is 188 Å². The van der Waals surface area contributed by atoms with Gasteiger partial charge in [0, 0.05) is 20.2 Å². The van der Waals surface area contributed by atoms with Crippen LogP contribution in [0, 0.1) is 3.57 Å². The first-order valence-electron chi connectivity index (χ1n) is 7.94. The van der Waals surface area contributed by atoms with Gasteiger partial charge in [-0.15, -0.1) is 0 Å². The average Bonchev–Trinajstić information content (AvgIpc) is 3.26. The van der Waals surface area contributed by atoms with Crippen molar-refractivity contribution >= 4 is 75.3 Å². The Hall–Kier alpha value is -1.80. The first-order chi connectivity index (χ1) is 13.4. The summed E-state index contributed by atoms with van der Waals surface area (Å²) in [7, 11) is 0. The molecule has 0 fully saturated rings. The molecule has 1 aromatic heterocycles. The van der Waals surface area contributed by atoms with E-state index in [0.29, 0.717) is 37.7 Å². The fraction of sp³-hybridized carbons (Fsp3) is 0. The Morgan fingerprint density at radius 3 is 2.50 bits per heavy atom. The molecule has 2 aromatic carbocycles. The summed E-state index contributed by atoms with van der Waals surface area (Å²) in [4.78, 5) is 16.5. The highest BCUT2D eigenvalue weighted by atomic mass is 127. The third-order valence-corrected chi connectivity index (χ3v) is 5.44. The molecular formula is C20H9Cl3INO3. The first-order valence-corrected chi connectivity index (χ1v) is 10.2. The summed E-state index contributed by atoms with van der Waals surface area (Å²) in [5.74, 6) is 0.528. The van der Waals surface area contributed by atoms with E-state index in [0.717, 1.165) is 3.57 Å². The van der Waals surface area contributed by atoms with Crippen molar-refractivity contribution in [2.45, 2.75) is 0 Å². The summed E-state index contributed by atoms with van der Waals surface area (Å²) in [6.07, 6.45) is 1.50. The maximum absolute atomic E-state index is 12.2. The number of aliphatic imine (C=N–C) groups is 1. The molecule has 0 unspecified atom stereocenters. The van der Waals surface area contributed by atoms with Gasteiger partial charge < -0.3 is 9.15 Å². The number of furan rings is 1. The lowest BCUT2D eigenvalue weighted by molar-refractivity contribution is -0.129. The predicted molar refractivity (Wildman–Crippen MR) is 119 cm³/mol. The first kappa shape index (κ1) is 19.5. The van der Waals surface area contributed by atoms with Crippen molar-refractivity contribution in [3.63, 3.8) is 0 Å². The predicted octanol–water partition coefficient (Wildman–Crippen LogP) is 6.86. The Bertz CT molecular complexity index is 1170. The second-order valence-electron chi connectivity index (χ2n) is 5.79. The van der Waals surface area contributed by atoms with E-state index in [9.17, 15) is 4.79 Å². The third-order valence-electron chi connectivity index (χ3n) is 3.88. The van der Waals surface area contributed by atoms with E-state index in [-0.39, 0.29) is 11.6 Å². The number of halogens is 4. The van der Waals surface area contributed by atoms with Crippen molar-refractivity contribution in [1.82, 2.24) is 0 Å². The van der Waals surface area contributed by atoms with Gasteiger partial charge in [0.1, 0.15) is 11.5 Å². The molecule has 0 aliphatic carbocycles. The average molecular weight is 545 g/mol. The molecule has 0 amide bonds. The number of carbonyl (C=O) groups excluding carboxylic acids is 1. The number of hydrogen-bond donors (Lipinski definition) is 0. The lowest BCUT2D eigenvalue weighted by atomic mass is 10.2. The van der Waals surface area contributed by atoms with Crippen LogP contribution in [0.5, 0.6) is 0 Å². The summed E-state index contributed by atoms with van der Waals surface area (Å²) >= 11 is 20.6. The molecule has 0 atom stereocenters. The molecule has 0 radical (unpaired) electrons. The second kappa shape index (κ2) is 7.91. The second-order valence-corrected chi connectivity index (χ2v) is 8.28. The molecule has 4 nitrogen and oxygen atoms in total. The minimum atomic E-state index is -0.580. The van der Waals surface area contributed by atoms with Gasteiger partial charge in [0.15, 0.2) is 5.70 Å². The Morgan fingerprint density at radius 1 is 0.929 bits per heavy atom. The van der Waals surface area contributed by atoms with Gasteiger partial charge in [-0.3, -0.25) is 0 Å². The smallest absolute Gasteiger partial charge is 0.363 e. The highest BCUT2D eigenvalue weighted by Crippen LogP contribution is 2.33. The van der Waals surface area contributed by atoms with Crippen molar-refractivity contribution in [3.05, 3.63) is 84.2 Å². The summed E-state index contributed by atoms with van der Waals surface area (Å²) in [5.41, 5.74) is 1.32. The summed E-state index contributed by atoms with van der Waals surface area (Å²) in [6, 6.07) is 13.9. The van der Waals surface area contributed by atoms with Gasteiger partial charge in [-0.05, 0) is 71.1 Å². The quantitative estimate of drug-likeness (QED) is 0.206. The molecule has 3 aromatic rings. The number of esters is 1. The zero-order valence-electron chi connectivity index (χ0n) is 13.9. The standard InChI is InChI=1S/C20H9Cl3INO3/c21-10-1-4-15(22)13(7-10)18-6-3-12(27-18)9-17-20(26)28-19(25-17)14-8-11(24)2-5-16(14)23/h1-9H/b17-9-. The Balaban J connectivity index is 1.67. The van der Waals surface area contributed by atoms with E-state index in [1.165, 1.54) is 6.08 Å². The molecule has 2 heterocycles. The summed E-state index contributed by atoms with van der Waals surface area (Å²) in [6.45, 7) is 0. The van der Waals surface area contributed by atoms with E-state index in [4.69, 9.17) is 44.0 Å². The fourth-order valence-electron chi connectivity index (χ4n) is 2.58. The molecule has 1 aliphatic rings. The molecule has 4 rings (SSSR count). The van der Waals surface area contributed by atoms with Crippen molar-refractivity contribution in [2.75, 3.05) is 0 Å². The molecule has 0 bridgehead atoms. The maximum atomic E-state index is 12.2. The van der Waals surface area contributed by atoms with Gasteiger partial charge in [-0.2, -0.15) is 0 Å². The van der Waals surface area contributed by atoms with Crippen LogP contribution in [0.4, 0.5) is 0 Å². The summed E-state index contributed by atoms with van der Waals surface area (Å²) in [5, 5.41) is 1.50. The molecule has 1 aliphatic heterocycles. The number of hydrogen-bond acceptors (Lipinski definition) is 4. The number of carbonyl (C=O) groups is 1. The van der Waals surface area contributed by atoms with Gasteiger partial charge in [-0.1, -0.05) is 34.8 Å². The van der Waals surface area contributed by atoms with Gasteiger partial charge >= 0.3 is 5.97 Å². The van der Waals surface area contributed by atoms with Crippen molar-refractivity contribution in [3.8, 4) is 11.3 Å². The third kappa shape index (κ3) is 3.98. The van der Waals surface area contributed by atoms with Crippen LogP contribution in [0.3, 0.4) is 0 Å². The van der Waals surface area contributed by atoms with Gasteiger partial charge in [0.25, 0.3) is 0 Å². The van der Waals surface area contributed by atoms with Crippen LogP contribution in [0.25, 0.3) is 17.4 Å². The fourth-order valence-corrected chi connectivity index (χ4v) is 3.65. The van der Waals surface area contributed by atoms with E-state index in [2.05, 4.69) is 27.6 Å². The van der Waals surface area contributed by atoms with E-state index >= 15 is 0 Å². The molecule has 8 heteroatoms. The summed E-state index contributed by atoms with van der Waals surface area (Å²) < 4.78 is 12.0. The molecule has 0 N–H and O–H groups in total. The van der Waals surface area contributed by atoms with Crippen LogP contribution in [0.2, 0.25) is 15.1 Å². The maximum Gasteiger partial charge on any atom is 0.363 e. The highest BCUT2D eigenvalue weighted by Gasteiger charge is 2.26. The largest absolute Gasteiger partial charge is 0.457 e. The minimum Gasteiger partial charge on any atom is -0.457 e. The van der Waals surface area contributed by atoms with Crippen molar-refractivity contribution in [1.29, 1.82) is 0 Å². The topological polar surface area (TPSA) is 51.8 Å². The lowest BCUT2D eigenvalue weighted by Gasteiger charge is -2.02. The number of benzene rings is 2. The van der Waals surface area contributed by atoms with Crippen LogP contribution in [-0.4, -0.2) is 11.9 Å². The number of rotatable bonds is 3. The van der Waals surface area contributed by atoms with Crippen molar-refractivity contribution < 1.29 is 13.9 Å². The van der Waals surface area contributed by atoms with Gasteiger partial charge in [-0.25, -0.2) is 9.79 Å². The Kier molecular flexibility index (Phi) is 5.51. The minimum absolute atomic E-state index is 0.114. The lowest BCUT2D eigenvalue weighted by Crippen LogP contribution is -2.06. The molecule has 0 spiro atoms. The van der Waals surface area contributed by atoms with Crippen LogP contribution < -0.4 is 0 Å². The number of ether oxygens (including phenoxy) is 1. The van der Waals surface area contributed by atoms with Crippen molar-refractivity contribution in [2.24, 2.45) is 4.99 Å². The van der Waals surface area contributed by atoms with Gasteiger partial charge in [0.05, 0.1) is 15.6 Å². The zero-order valence-corrected chi connectivity index (χ0v) is 18.3. The monoisotopic (exact) mass is 543 g/mol. The molecule has 0 saturated heterocycles. The van der Waals surface area contributed by atoms with Crippen LogP contribution in [-0.2, 0) is 9.53 Å². The van der Waals surface area contributed by atoms with Crippen LogP contribution in [0.15, 0.2) is 63.6 Å². The Morgan fingerprint density at radius 2 is 1.68 bits per heavy atom. The molecule has 0 saturated carbocycles. The molecule has 140 valence electrons. The van der Waals surface area contributed by atoms with E-state index < -0.39 is 5.97 Å². The molecular weight excluding hydrogens is 535 g/mol. The number of cyclic esters (lactones) is 1. The number of nitrogens with zero attached hydrogens (tertiary/aromatic N) is 1. The normalized spacial score (nSPS) is 15.1. The van der Waals surface area contributed by atoms with Crippen LogP contribution >= 0.6 is 57.4 Å². The zero-order chi connectivity index (χ0) is 19.8. The molecule has 28 heavy (non-hydrogen) atoms. The van der Waals surface area contributed by atoms with E-state index in [1.54, 1.807) is 42.5 Å². The SMILES string of the molecule is O=C1OC(c2cc(I)ccc2Cl)=N/C1=C\c1ccc(-c2cc(Cl)ccc2Cl)o1. The van der Waals surface area contributed by atoms with Crippen LogP contribution in [0.1, 0.15) is 11.3 Å².